The van der Waals surface area contributed by atoms with Gasteiger partial charge >= 0.3 is 18.1 Å². The van der Waals surface area contributed by atoms with Crippen LogP contribution in [-0.2, 0) is 14.3 Å². The number of aryl methyl sites for hydroxylation is 1. The Morgan fingerprint density at radius 1 is 1.36 bits per heavy atom. The number of anilines is 3. The number of ether oxygens (including phenoxy) is 1. The molecule has 0 bridgehead atoms. The molecule has 0 radical (unpaired) electrons. The lowest BCUT2D eigenvalue weighted by atomic mass is 9.98. The molecule has 0 aliphatic carbocycles. The average Bonchev–Trinajstić information content (AvgIpc) is 3.13. The van der Waals surface area contributed by atoms with Gasteiger partial charge in [0, 0.05) is 30.9 Å². The van der Waals surface area contributed by atoms with Gasteiger partial charge in [-0.15, -0.1) is 0 Å². The summed E-state index contributed by atoms with van der Waals surface area (Å²) in [6.07, 6.45) is -2.82. The monoisotopic (exact) mass is 398 g/mol. The van der Waals surface area contributed by atoms with Gasteiger partial charge in [0.2, 0.25) is 5.95 Å². The largest absolute Gasteiger partial charge is 0.491 e. The minimum Gasteiger partial charge on any atom is -0.386 e. The first-order valence-corrected chi connectivity index (χ1v) is 8.42. The van der Waals surface area contributed by atoms with Crippen molar-refractivity contribution in [3.8, 4) is 0 Å². The Balaban J connectivity index is 1.70. The number of esters is 2. The number of aromatic nitrogens is 4. The Morgan fingerprint density at radius 3 is 2.82 bits per heavy atom. The van der Waals surface area contributed by atoms with E-state index < -0.39 is 24.0 Å². The van der Waals surface area contributed by atoms with E-state index in [0.717, 1.165) is 0 Å². The maximum absolute atomic E-state index is 12.3. The quantitative estimate of drug-likeness (QED) is 0.595. The van der Waals surface area contributed by atoms with Crippen molar-refractivity contribution < 1.29 is 27.5 Å². The minimum atomic E-state index is -5.21. The number of piperidine rings is 1. The van der Waals surface area contributed by atoms with Crippen molar-refractivity contribution in [1.82, 2.24) is 20.2 Å². The first kappa shape index (κ1) is 19.6. The number of hydrogen-bond acceptors (Lipinski definition) is 8. The fourth-order valence-corrected chi connectivity index (χ4v) is 2.81. The Hall–Kier alpha value is -3.18. The maximum Gasteiger partial charge on any atom is 0.491 e. The standard InChI is InChI=1S/C16H17F3N6O3/c1-9-7-12(22-11-4-5-20-24-11)23-15(21-9)25-6-2-3-10(8-25)13(26)28-14(27)16(17,18)19/h4-5,7,10H,2-3,6,8H2,1H3,(H2,20,21,22,23,24)/t10-/m0/s1. The second-order valence-corrected chi connectivity index (χ2v) is 6.28. The summed E-state index contributed by atoms with van der Waals surface area (Å²) in [7, 11) is 0. The van der Waals surface area contributed by atoms with Crippen LogP contribution in [0.15, 0.2) is 18.3 Å². The van der Waals surface area contributed by atoms with Crippen molar-refractivity contribution in [1.29, 1.82) is 0 Å². The maximum atomic E-state index is 12.3. The van der Waals surface area contributed by atoms with E-state index in [2.05, 4.69) is 30.2 Å². The van der Waals surface area contributed by atoms with Gasteiger partial charge in [0.1, 0.15) is 11.6 Å². The number of halogens is 3. The highest BCUT2D eigenvalue weighted by atomic mass is 19.4. The molecule has 1 fully saturated rings. The molecule has 0 spiro atoms. The molecule has 12 heteroatoms. The van der Waals surface area contributed by atoms with Crippen LogP contribution in [0.5, 0.6) is 0 Å². The molecule has 150 valence electrons. The number of carbonyl (C=O) groups excluding carboxylic acids is 2. The zero-order chi connectivity index (χ0) is 20.3. The highest BCUT2D eigenvalue weighted by Crippen LogP contribution is 2.25. The number of aromatic amines is 1. The molecular formula is C16H17F3N6O3. The van der Waals surface area contributed by atoms with Crippen LogP contribution in [0.1, 0.15) is 18.5 Å². The number of nitrogens with zero attached hydrogens (tertiary/aromatic N) is 4. The molecule has 2 aromatic rings. The topological polar surface area (TPSA) is 113 Å². The van der Waals surface area contributed by atoms with Crippen molar-refractivity contribution in [3.05, 3.63) is 24.0 Å². The van der Waals surface area contributed by atoms with Crippen molar-refractivity contribution >= 4 is 29.5 Å². The van der Waals surface area contributed by atoms with Crippen LogP contribution in [0.25, 0.3) is 0 Å². The third-order valence-corrected chi connectivity index (χ3v) is 4.07. The van der Waals surface area contributed by atoms with Crippen LogP contribution in [0.3, 0.4) is 0 Å². The molecule has 9 nitrogen and oxygen atoms in total. The first-order chi connectivity index (χ1) is 13.2. The van der Waals surface area contributed by atoms with Crippen LogP contribution in [0, 0.1) is 12.8 Å². The van der Waals surface area contributed by atoms with E-state index in [-0.39, 0.29) is 6.54 Å². The normalized spacial score (nSPS) is 17.3. The molecular weight excluding hydrogens is 381 g/mol. The number of nitrogens with one attached hydrogen (secondary N) is 2. The van der Waals surface area contributed by atoms with Crippen LogP contribution in [0.2, 0.25) is 0 Å². The van der Waals surface area contributed by atoms with E-state index in [1.807, 2.05) is 0 Å². The zero-order valence-corrected chi connectivity index (χ0v) is 14.8. The lowest BCUT2D eigenvalue weighted by Crippen LogP contribution is -2.42. The molecule has 28 heavy (non-hydrogen) atoms. The van der Waals surface area contributed by atoms with Gasteiger partial charge in [0.25, 0.3) is 0 Å². The molecule has 1 saturated heterocycles. The summed E-state index contributed by atoms with van der Waals surface area (Å²) < 4.78 is 40.8. The van der Waals surface area contributed by atoms with Gasteiger partial charge in [-0.2, -0.15) is 23.3 Å². The Kier molecular flexibility index (Phi) is 5.47. The van der Waals surface area contributed by atoms with Gasteiger partial charge in [0.05, 0.1) is 12.1 Å². The number of rotatable bonds is 4. The summed E-state index contributed by atoms with van der Waals surface area (Å²) in [6, 6.07) is 3.42. The van der Waals surface area contributed by atoms with Crippen LogP contribution in [-0.4, -0.2) is 51.4 Å². The molecule has 1 aliphatic rings. The number of H-pyrrole nitrogens is 1. The van der Waals surface area contributed by atoms with Crippen molar-refractivity contribution in [2.45, 2.75) is 25.9 Å². The summed E-state index contributed by atoms with van der Waals surface area (Å²) in [6.45, 7) is 2.34. The van der Waals surface area contributed by atoms with Gasteiger partial charge in [-0.1, -0.05) is 0 Å². The van der Waals surface area contributed by atoms with Gasteiger partial charge in [0.15, 0.2) is 0 Å². The number of alkyl halides is 3. The van der Waals surface area contributed by atoms with Gasteiger partial charge in [-0.25, -0.2) is 9.78 Å². The van der Waals surface area contributed by atoms with E-state index in [9.17, 15) is 22.8 Å². The van der Waals surface area contributed by atoms with Crippen molar-refractivity contribution in [2.75, 3.05) is 23.3 Å². The molecule has 3 heterocycles. The second-order valence-electron chi connectivity index (χ2n) is 6.28. The molecule has 1 atom stereocenters. The van der Waals surface area contributed by atoms with E-state index in [0.29, 0.717) is 42.7 Å². The highest BCUT2D eigenvalue weighted by Gasteiger charge is 2.43. The van der Waals surface area contributed by atoms with Gasteiger partial charge < -0.3 is 15.0 Å². The Bertz CT molecular complexity index is 856. The Labute approximate surface area is 157 Å². The number of hydrogen-bond donors (Lipinski definition) is 2. The zero-order valence-electron chi connectivity index (χ0n) is 14.8. The summed E-state index contributed by atoms with van der Waals surface area (Å²) in [4.78, 5) is 33.2. The lowest BCUT2D eigenvalue weighted by molar-refractivity contribution is -0.203. The van der Waals surface area contributed by atoms with E-state index in [1.54, 1.807) is 30.2 Å². The molecule has 0 saturated carbocycles. The van der Waals surface area contributed by atoms with Crippen molar-refractivity contribution in [2.24, 2.45) is 5.92 Å². The first-order valence-electron chi connectivity index (χ1n) is 8.42. The third-order valence-electron chi connectivity index (χ3n) is 4.07. The van der Waals surface area contributed by atoms with Crippen molar-refractivity contribution in [3.63, 3.8) is 0 Å². The smallest absolute Gasteiger partial charge is 0.386 e. The van der Waals surface area contributed by atoms with Gasteiger partial charge in [-0.05, 0) is 19.8 Å². The Morgan fingerprint density at radius 2 is 2.14 bits per heavy atom. The summed E-state index contributed by atoms with van der Waals surface area (Å²) in [5, 5.41) is 9.58. The van der Waals surface area contributed by atoms with Crippen LogP contribution >= 0.6 is 0 Å². The molecule has 2 N–H and O–H groups in total. The second kappa shape index (κ2) is 7.82. The average molecular weight is 398 g/mol. The molecule has 2 aromatic heterocycles. The SMILES string of the molecule is Cc1cc(Nc2ccn[nH]2)nc(N2CCC[C@H](C(=O)OC(=O)C(F)(F)F)C2)n1. The fraction of sp³-hybridized carbons (Fsp3) is 0.438. The molecule has 0 unspecified atom stereocenters. The summed E-state index contributed by atoms with van der Waals surface area (Å²) in [5.41, 5.74) is 0.656. The van der Waals surface area contributed by atoms with E-state index >= 15 is 0 Å². The molecule has 1 aliphatic heterocycles. The highest BCUT2D eigenvalue weighted by molar-refractivity contribution is 5.89. The predicted octanol–water partition coefficient (Wildman–Crippen LogP) is 2.10. The lowest BCUT2D eigenvalue weighted by Gasteiger charge is -2.31. The molecule has 3 rings (SSSR count). The fourth-order valence-electron chi connectivity index (χ4n) is 2.81. The molecule has 0 amide bonds. The molecule has 0 aromatic carbocycles. The third kappa shape index (κ3) is 4.75. The summed E-state index contributed by atoms with van der Waals surface area (Å²) >= 11 is 0. The van der Waals surface area contributed by atoms with E-state index in [4.69, 9.17) is 0 Å². The van der Waals surface area contributed by atoms with Crippen LogP contribution in [0.4, 0.5) is 30.8 Å². The minimum absolute atomic E-state index is 0.0525. The number of carbonyl (C=O) groups is 2. The predicted molar refractivity (Wildman–Crippen MR) is 90.7 cm³/mol. The summed E-state index contributed by atoms with van der Waals surface area (Å²) in [5.74, 6) is -3.16. The van der Waals surface area contributed by atoms with Crippen LogP contribution < -0.4 is 10.2 Å². The van der Waals surface area contributed by atoms with Gasteiger partial charge in [-0.3, -0.25) is 9.89 Å². The van der Waals surface area contributed by atoms with E-state index in [1.165, 1.54) is 0 Å².